The van der Waals surface area contributed by atoms with E-state index in [9.17, 15) is 13.6 Å². The van der Waals surface area contributed by atoms with Crippen molar-refractivity contribution in [2.45, 2.75) is 25.4 Å². The Morgan fingerprint density at radius 3 is 2.45 bits per heavy atom. The van der Waals surface area contributed by atoms with Crippen molar-refractivity contribution in [2.75, 3.05) is 7.11 Å². The first-order chi connectivity index (χ1) is 4.90. The first kappa shape index (κ1) is 10.3. The summed E-state index contributed by atoms with van der Waals surface area (Å²) in [5.41, 5.74) is 0. The molecule has 0 spiro atoms. The molecule has 3 nitrogen and oxygen atoms in total. The molecule has 0 aromatic heterocycles. The molecular formula is C6H10F2O3. The first-order valence-corrected chi connectivity index (χ1v) is 3.04. The van der Waals surface area contributed by atoms with Crippen molar-refractivity contribution in [3.8, 4) is 0 Å². The van der Waals surface area contributed by atoms with Crippen molar-refractivity contribution in [3.05, 3.63) is 0 Å². The topological polar surface area (TPSA) is 46.5 Å². The molecule has 0 fully saturated rings. The van der Waals surface area contributed by atoms with E-state index in [4.69, 9.17) is 5.11 Å². The lowest BCUT2D eigenvalue weighted by Gasteiger charge is -2.14. The molecule has 0 amide bonds. The van der Waals surface area contributed by atoms with Gasteiger partial charge < -0.3 is 9.84 Å². The van der Waals surface area contributed by atoms with Gasteiger partial charge in [-0.25, -0.2) is 4.79 Å². The molecule has 0 saturated heterocycles. The second-order valence-electron chi connectivity index (χ2n) is 2.25. The number of rotatable bonds is 3. The van der Waals surface area contributed by atoms with Gasteiger partial charge in [0.25, 0.3) is 0 Å². The summed E-state index contributed by atoms with van der Waals surface area (Å²) >= 11 is 0. The van der Waals surface area contributed by atoms with Crippen LogP contribution in [0.5, 0.6) is 0 Å². The number of aliphatic hydroxyl groups is 1. The van der Waals surface area contributed by atoms with Crippen LogP contribution in [0.15, 0.2) is 0 Å². The van der Waals surface area contributed by atoms with E-state index < -0.39 is 24.4 Å². The van der Waals surface area contributed by atoms with Gasteiger partial charge in [-0.2, -0.15) is 8.78 Å². The highest BCUT2D eigenvalue weighted by atomic mass is 19.3. The van der Waals surface area contributed by atoms with E-state index in [0.29, 0.717) is 0 Å². The molecule has 1 N–H and O–H groups in total. The van der Waals surface area contributed by atoms with Crippen LogP contribution < -0.4 is 0 Å². The number of hydrogen-bond donors (Lipinski definition) is 1. The Balaban J connectivity index is 4.09. The van der Waals surface area contributed by atoms with Gasteiger partial charge in [0.15, 0.2) is 0 Å². The van der Waals surface area contributed by atoms with Crippen LogP contribution in [0, 0.1) is 0 Å². The zero-order valence-corrected chi connectivity index (χ0v) is 6.30. The summed E-state index contributed by atoms with van der Waals surface area (Å²) in [5.74, 6) is -5.19. The second kappa shape index (κ2) is 3.61. The number of ether oxygens (including phenoxy) is 1. The van der Waals surface area contributed by atoms with Crippen molar-refractivity contribution in [1.82, 2.24) is 0 Å². The van der Waals surface area contributed by atoms with Gasteiger partial charge in [0.2, 0.25) is 0 Å². The van der Waals surface area contributed by atoms with Crippen LogP contribution in [-0.4, -0.2) is 30.2 Å². The Bertz CT molecular complexity index is 145. The summed E-state index contributed by atoms with van der Waals surface area (Å²) in [6.07, 6.45) is -2.12. The highest BCUT2D eigenvalue weighted by Gasteiger charge is 2.40. The van der Waals surface area contributed by atoms with Crippen LogP contribution in [0.25, 0.3) is 0 Å². The molecule has 11 heavy (non-hydrogen) atoms. The molecule has 0 radical (unpaired) electrons. The van der Waals surface area contributed by atoms with Crippen molar-refractivity contribution < 1.29 is 23.4 Å². The maximum atomic E-state index is 12.4. The maximum absolute atomic E-state index is 12.4. The van der Waals surface area contributed by atoms with Crippen molar-refractivity contribution >= 4 is 5.97 Å². The van der Waals surface area contributed by atoms with Gasteiger partial charge in [-0.05, 0) is 6.92 Å². The number of halogens is 2. The smallest absolute Gasteiger partial charge is 0.376 e. The minimum atomic E-state index is -3.58. The third kappa shape index (κ3) is 3.27. The SMILES string of the molecule is COC(=O)C(F)(F)CC(C)O. The lowest BCUT2D eigenvalue weighted by Crippen LogP contribution is -2.33. The fourth-order valence-corrected chi connectivity index (χ4v) is 0.604. The zero-order chi connectivity index (χ0) is 9.07. The summed E-state index contributed by atoms with van der Waals surface area (Å²) in [5, 5.41) is 8.54. The lowest BCUT2D eigenvalue weighted by atomic mass is 10.2. The Kier molecular flexibility index (Phi) is 3.38. The van der Waals surface area contributed by atoms with Crippen LogP contribution in [-0.2, 0) is 9.53 Å². The molecular weight excluding hydrogens is 158 g/mol. The second-order valence-corrected chi connectivity index (χ2v) is 2.25. The lowest BCUT2D eigenvalue weighted by molar-refractivity contribution is -0.172. The number of alkyl halides is 2. The standard InChI is InChI=1S/C6H10F2O3/c1-4(9)3-6(7,8)5(10)11-2/h4,9H,3H2,1-2H3. The highest BCUT2D eigenvalue weighted by molar-refractivity contribution is 5.77. The molecule has 5 heteroatoms. The Hall–Kier alpha value is -0.710. The Morgan fingerprint density at radius 2 is 2.18 bits per heavy atom. The Labute approximate surface area is 63.0 Å². The number of aliphatic hydroxyl groups excluding tert-OH is 1. The van der Waals surface area contributed by atoms with Crippen LogP contribution >= 0.6 is 0 Å². The quantitative estimate of drug-likeness (QED) is 0.626. The van der Waals surface area contributed by atoms with Gasteiger partial charge in [-0.15, -0.1) is 0 Å². The summed E-state index contributed by atoms with van der Waals surface area (Å²) in [6, 6.07) is 0. The molecule has 0 heterocycles. The monoisotopic (exact) mass is 168 g/mol. The minimum Gasteiger partial charge on any atom is -0.465 e. The molecule has 0 bridgehead atoms. The average Bonchev–Trinajstić information content (AvgIpc) is 1.83. The molecule has 66 valence electrons. The molecule has 0 aliphatic heterocycles. The van der Waals surface area contributed by atoms with E-state index in [1.165, 1.54) is 6.92 Å². The van der Waals surface area contributed by atoms with E-state index in [2.05, 4.69) is 4.74 Å². The first-order valence-electron chi connectivity index (χ1n) is 3.04. The van der Waals surface area contributed by atoms with Crippen molar-refractivity contribution in [3.63, 3.8) is 0 Å². The fraction of sp³-hybridized carbons (Fsp3) is 0.833. The molecule has 1 atom stereocenters. The number of methoxy groups -OCH3 is 1. The number of hydrogen-bond acceptors (Lipinski definition) is 3. The van der Waals surface area contributed by atoms with E-state index in [1.54, 1.807) is 0 Å². The minimum absolute atomic E-state index is 0.873. The molecule has 0 rings (SSSR count). The predicted molar refractivity (Wildman–Crippen MR) is 33.3 cm³/mol. The Morgan fingerprint density at radius 1 is 1.73 bits per heavy atom. The molecule has 0 aliphatic carbocycles. The highest BCUT2D eigenvalue weighted by Crippen LogP contribution is 2.21. The number of esters is 1. The average molecular weight is 168 g/mol. The normalized spacial score (nSPS) is 14.3. The largest absolute Gasteiger partial charge is 0.465 e. The number of carbonyl (C=O) groups excluding carboxylic acids is 1. The maximum Gasteiger partial charge on any atom is 0.376 e. The third-order valence-corrected chi connectivity index (χ3v) is 1.04. The van der Waals surface area contributed by atoms with E-state index in [1.807, 2.05) is 0 Å². The van der Waals surface area contributed by atoms with Gasteiger partial charge in [-0.1, -0.05) is 0 Å². The molecule has 0 aliphatic rings. The fourth-order valence-electron chi connectivity index (χ4n) is 0.604. The van der Waals surface area contributed by atoms with Gasteiger partial charge in [-0.3, -0.25) is 0 Å². The predicted octanol–water partition coefficient (Wildman–Crippen LogP) is 0.566. The number of carbonyl (C=O) groups is 1. The zero-order valence-electron chi connectivity index (χ0n) is 6.30. The van der Waals surface area contributed by atoms with E-state index >= 15 is 0 Å². The third-order valence-electron chi connectivity index (χ3n) is 1.04. The van der Waals surface area contributed by atoms with Crippen LogP contribution in [0.3, 0.4) is 0 Å². The van der Waals surface area contributed by atoms with Crippen molar-refractivity contribution in [2.24, 2.45) is 0 Å². The van der Waals surface area contributed by atoms with E-state index in [0.717, 1.165) is 7.11 Å². The van der Waals surface area contributed by atoms with Crippen LogP contribution in [0.4, 0.5) is 8.78 Å². The van der Waals surface area contributed by atoms with Crippen LogP contribution in [0.1, 0.15) is 13.3 Å². The molecule has 0 aromatic rings. The molecule has 0 aromatic carbocycles. The summed E-state index contributed by atoms with van der Waals surface area (Å²) in [4.78, 5) is 10.3. The van der Waals surface area contributed by atoms with Gasteiger partial charge in [0.05, 0.1) is 13.2 Å². The van der Waals surface area contributed by atoms with Gasteiger partial charge >= 0.3 is 11.9 Å². The summed E-state index contributed by atoms with van der Waals surface area (Å²) in [6.45, 7) is 1.18. The van der Waals surface area contributed by atoms with Crippen LogP contribution in [0.2, 0.25) is 0 Å². The molecule has 1 unspecified atom stereocenters. The van der Waals surface area contributed by atoms with Gasteiger partial charge in [0.1, 0.15) is 0 Å². The van der Waals surface area contributed by atoms with Crippen molar-refractivity contribution in [1.29, 1.82) is 0 Å². The van der Waals surface area contributed by atoms with Gasteiger partial charge in [0, 0.05) is 6.42 Å². The molecule has 0 saturated carbocycles. The van der Waals surface area contributed by atoms with E-state index in [-0.39, 0.29) is 0 Å². The summed E-state index contributed by atoms with van der Waals surface area (Å²) < 4.78 is 28.7. The summed E-state index contributed by atoms with van der Waals surface area (Å²) in [7, 11) is 0.873.